The predicted molar refractivity (Wildman–Crippen MR) is 104 cm³/mol. The SMILES string of the molecule is Cl.O=C(NCCN1CCNCC1)C1(c2ccc(Br)cc2)CCCC1. The fraction of sp³-hybridized carbons (Fsp3) is 0.611. The minimum atomic E-state index is -0.315. The second kappa shape index (κ2) is 9.18. The van der Waals surface area contributed by atoms with Gasteiger partial charge in [0.15, 0.2) is 0 Å². The van der Waals surface area contributed by atoms with Gasteiger partial charge in [0.05, 0.1) is 5.41 Å². The highest BCUT2D eigenvalue weighted by molar-refractivity contribution is 9.10. The van der Waals surface area contributed by atoms with Crippen LogP contribution in [0.15, 0.2) is 28.7 Å². The second-order valence-corrected chi connectivity index (χ2v) is 7.56. The summed E-state index contributed by atoms with van der Waals surface area (Å²) in [6.07, 6.45) is 4.21. The molecule has 24 heavy (non-hydrogen) atoms. The monoisotopic (exact) mass is 415 g/mol. The molecule has 1 heterocycles. The highest BCUT2D eigenvalue weighted by atomic mass is 79.9. The van der Waals surface area contributed by atoms with E-state index in [1.54, 1.807) is 0 Å². The summed E-state index contributed by atoms with van der Waals surface area (Å²) in [7, 11) is 0. The number of hydrogen-bond acceptors (Lipinski definition) is 3. The largest absolute Gasteiger partial charge is 0.354 e. The molecule has 1 aliphatic carbocycles. The van der Waals surface area contributed by atoms with Gasteiger partial charge in [0.25, 0.3) is 0 Å². The number of nitrogens with zero attached hydrogens (tertiary/aromatic N) is 1. The Balaban J connectivity index is 0.00000208. The first-order chi connectivity index (χ1) is 11.2. The van der Waals surface area contributed by atoms with Crippen LogP contribution in [0.4, 0.5) is 0 Å². The third-order valence-electron chi connectivity index (χ3n) is 5.21. The zero-order chi connectivity index (χ0) is 16.1. The van der Waals surface area contributed by atoms with Gasteiger partial charge in [-0.3, -0.25) is 9.69 Å². The van der Waals surface area contributed by atoms with Gasteiger partial charge in [-0.05, 0) is 30.5 Å². The Morgan fingerprint density at radius 1 is 1.17 bits per heavy atom. The van der Waals surface area contributed by atoms with E-state index in [4.69, 9.17) is 0 Å². The van der Waals surface area contributed by atoms with Gasteiger partial charge in [-0.2, -0.15) is 0 Å². The van der Waals surface area contributed by atoms with Crippen molar-refractivity contribution in [2.75, 3.05) is 39.3 Å². The molecule has 4 nitrogen and oxygen atoms in total. The maximum atomic E-state index is 12.9. The van der Waals surface area contributed by atoms with E-state index in [1.807, 2.05) is 12.1 Å². The molecule has 1 aromatic carbocycles. The van der Waals surface area contributed by atoms with Gasteiger partial charge < -0.3 is 10.6 Å². The Bertz CT molecular complexity index is 526. The summed E-state index contributed by atoms with van der Waals surface area (Å²) in [6, 6.07) is 8.30. The number of carbonyl (C=O) groups is 1. The van der Waals surface area contributed by atoms with E-state index in [-0.39, 0.29) is 23.7 Å². The van der Waals surface area contributed by atoms with E-state index < -0.39 is 0 Å². The Morgan fingerprint density at radius 3 is 2.42 bits per heavy atom. The maximum Gasteiger partial charge on any atom is 0.230 e. The average Bonchev–Trinajstić information content (AvgIpc) is 3.07. The molecular formula is C18H27BrClN3O. The number of rotatable bonds is 5. The van der Waals surface area contributed by atoms with Crippen molar-refractivity contribution in [1.29, 1.82) is 0 Å². The highest BCUT2D eigenvalue weighted by Gasteiger charge is 2.42. The molecular weight excluding hydrogens is 390 g/mol. The summed E-state index contributed by atoms with van der Waals surface area (Å²) in [5, 5.41) is 6.57. The topological polar surface area (TPSA) is 44.4 Å². The van der Waals surface area contributed by atoms with E-state index in [0.29, 0.717) is 0 Å². The summed E-state index contributed by atoms with van der Waals surface area (Å²) in [5.41, 5.74) is 0.849. The molecule has 1 amide bonds. The Hall–Kier alpha value is -0.620. The molecule has 2 fully saturated rings. The molecule has 1 saturated heterocycles. The van der Waals surface area contributed by atoms with Crippen LogP contribution < -0.4 is 10.6 Å². The molecule has 0 bridgehead atoms. The standard InChI is InChI=1S/C18H26BrN3O.ClH/c19-16-5-3-15(4-6-16)18(7-1-2-8-18)17(23)21-11-14-22-12-9-20-10-13-22;/h3-6,20H,1-2,7-14H2,(H,21,23);1H. The third kappa shape index (κ3) is 4.51. The van der Waals surface area contributed by atoms with Crippen molar-refractivity contribution in [2.24, 2.45) is 0 Å². The van der Waals surface area contributed by atoms with Crippen LogP contribution in [0.3, 0.4) is 0 Å². The molecule has 0 atom stereocenters. The van der Waals surface area contributed by atoms with Gasteiger partial charge in [-0.1, -0.05) is 40.9 Å². The fourth-order valence-corrected chi connectivity index (χ4v) is 4.09. The summed E-state index contributed by atoms with van der Waals surface area (Å²) in [6.45, 7) is 5.95. The van der Waals surface area contributed by atoms with Crippen molar-refractivity contribution < 1.29 is 4.79 Å². The van der Waals surface area contributed by atoms with Gasteiger partial charge in [0, 0.05) is 43.7 Å². The van der Waals surface area contributed by atoms with Gasteiger partial charge in [-0.15, -0.1) is 12.4 Å². The lowest BCUT2D eigenvalue weighted by Gasteiger charge is -2.30. The lowest BCUT2D eigenvalue weighted by atomic mass is 9.78. The molecule has 1 aromatic rings. The van der Waals surface area contributed by atoms with Crippen molar-refractivity contribution in [2.45, 2.75) is 31.1 Å². The first-order valence-corrected chi connectivity index (χ1v) is 9.47. The predicted octanol–water partition coefficient (Wildman–Crippen LogP) is 2.70. The smallest absolute Gasteiger partial charge is 0.230 e. The van der Waals surface area contributed by atoms with Crippen LogP contribution in [-0.2, 0) is 10.2 Å². The van der Waals surface area contributed by atoms with Gasteiger partial charge in [0.1, 0.15) is 0 Å². The minimum absolute atomic E-state index is 0. The van der Waals surface area contributed by atoms with Crippen molar-refractivity contribution in [3.63, 3.8) is 0 Å². The van der Waals surface area contributed by atoms with Crippen LogP contribution in [0.1, 0.15) is 31.2 Å². The number of benzene rings is 1. The molecule has 2 aliphatic rings. The Labute approximate surface area is 159 Å². The molecule has 3 rings (SSSR count). The Morgan fingerprint density at radius 2 is 1.79 bits per heavy atom. The van der Waals surface area contributed by atoms with Crippen LogP contribution in [0, 0.1) is 0 Å². The summed E-state index contributed by atoms with van der Waals surface area (Å²) < 4.78 is 1.06. The van der Waals surface area contributed by atoms with Gasteiger partial charge in [-0.25, -0.2) is 0 Å². The molecule has 6 heteroatoms. The summed E-state index contributed by atoms with van der Waals surface area (Å²) in [5.74, 6) is 0.215. The normalized spacial score (nSPS) is 20.4. The van der Waals surface area contributed by atoms with Crippen molar-refractivity contribution in [3.05, 3.63) is 34.3 Å². The fourth-order valence-electron chi connectivity index (χ4n) is 3.83. The van der Waals surface area contributed by atoms with Crippen LogP contribution in [-0.4, -0.2) is 50.1 Å². The minimum Gasteiger partial charge on any atom is -0.354 e. The molecule has 2 N–H and O–H groups in total. The van der Waals surface area contributed by atoms with Crippen LogP contribution in [0.2, 0.25) is 0 Å². The van der Waals surface area contributed by atoms with Crippen molar-refractivity contribution >= 4 is 34.2 Å². The second-order valence-electron chi connectivity index (χ2n) is 6.64. The Kier molecular flexibility index (Phi) is 7.54. The molecule has 0 unspecified atom stereocenters. The first kappa shape index (κ1) is 19.7. The third-order valence-corrected chi connectivity index (χ3v) is 5.74. The number of hydrogen-bond donors (Lipinski definition) is 2. The zero-order valence-corrected chi connectivity index (χ0v) is 16.4. The van der Waals surface area contributed by atoms with Gasteiger partial charge >= 0.3 is 0 Å². The lowest BCUT2D eigenvalue weighted by molar-refractivity contribution is -0.126. The van der Waals surface area contributed by atoms with Crippen LogP contribution in [0.25, 0.3) is 0 Å². The van der Waals surface area contributed by atoms with Crippen molar-refractivity contribution in [1.82, 2.24) is 15.5 Å². The number of nitrogens with one attached hydrogen (secondary N) is 2. The van der Waals surface area contributed by atoms with E-state index in [2.05, 4.69) is 43.6 Å². The molecule has 0 aromatic heterocycles. The zero-order valence-electron chi connectivity index (χ0n) is 14.0. The van der Waals surface area contributed by atoms with E-state index >= 15 is 0 Å². The quantitative estimate of drug-likeness (QED) is 0.776. The molecule has 1 saturated carbocycles. The summed E-state index contributed by atoms with van der Waals surface area (Å²) >= 11 is 3.48. The van der Waals surface area contributed by atoms with E-state index in [1.165, 1.54) is 0 Å². The number of amides is 1. The number of carbonyl (C=O) groups excluding carboxylic acids is 1. The lowest BCUT2D eigenvalue weighted by Crippen LogP contribution is -2.48. The molecule has 0 spiro atoms. The average molecular weight is 417 g/mol. The van der Waals surface area contributed by atoms with Crippen molar-refractivity contribution in [3.8, 4) is 0 Å². The summed E-state index contributed by atoms with van der Waals surface area (Å²) in [4.78, 5) is 15.4. The van der Waals surface area contributed by atoms with Crippen LogP contribution in [0.5, 0.6) is 0 Å². The molecule has 0 radical (unpaired) electrons. The van der Waals surface area contributed by atoms with E-state index in [9.17, 15) is 4.79 Å². The number of halogens is 2. The highest BCUT2D eigenvalue weighted by Crippen LogP contribution is 2.41. The molecule has 134 valence electrons. The number of piperazine rings is 1. The maximum absolute atomic E-state index is 12.9. The van der Waals surface area contributed by atoms with Crippen LogP contribution >= 0.6 is 28.3 Å². The van der Waals surface area contributed by atoms with E-state index in [0.717, 1.165) is 75.0 Å². The van der Waals surface area contributed by atoms with Gasteiger partial charge in [0.2, 0.25) is 5.91 Å². The molecule has 1 aliphatic heterocycles. The first-order valence-electron chi connectivity index (χ1n) is 8.68.